The van der Waals surface area contributed by atoms with E-state index in [0.29, 0.717) is 0 Å². The molecule has 39 heavy (non-hydrogen) atoms. The molecule has 1 aromatic heterocycles. The summed E-state index contributed by atoms with van der Waals surface area (Å²) in [5.41, 5.74) is -3.38. The molecule has 0 bridgehead atoms. The number of carbonyl (C=O) groups excluding carboxylic acids is 1. The number of benzene rings is 1. The Kier molecular flexibility index (Phi) is 9.47. The average molecular weight is 592 g/mol. The van der Waals surface area contributed by atoms with E-state index in [2.05, 4.69) is 5.09 Å². The van der Waals surface area contributed by atoms with Gasteiger partial charge in [0.1, 0.15) is 41.1 Å². The topological polar surface area (TPSA) is 158 Å². The van der Waals surface area contributed by atoms with Gasteiger partial charge in [0, 0.05) is 12.3 Å². The van der Waals surface area contributed by atoms with Crippen molar-refractivity contribution in [1.82, 2.24) is 14.6 Å². The summed E-state index contributed by atoms with van der Waals surface area (Å²) in [5, 5.41) is 13.6. The van der Waals surface area contributed by atoms with Crippen LogP contribution in [0.25, 0.3) is 0 Å². The van der Waals surface area contributed by atoms with Crippen LogP contribution in [-0.2, 0) is 23.4 Å². The van der Waals surface area contributed by atoms with Crippen LogP contribution < -0.4 is 20.9 Å². The van der Waals surface area contributed by atoms with Crippen molar-refractivity contribution in [3.63, 3.8) is 0 Å². The molecule has 1 aromatic carbocycles. The van der Waals surface area contributed by atoms with Crippen molar-refractivity contribution in [3.05, 3.63) is 63.4 Å². The molecule has 1 saturated heterocycles. The molecule has 216 valence electrons. The number of halogens is 2. The number of carbonyl (C=O) groups is 1. The number of H-pyrrole nitrogens is 1. The molecule has 3 N–H and O–H groups in total. The molecule has 2 unspecified atom stereocenters. The number of esters is 1. The summed E-state index contributed by atoms with van der Waals surface area (Å²) in [6.07, 6.45) is -4.24. The van der Waals surface area contributed by atoms with Crippen molar-refractivity contribution >= 4 is 25.3 Å². The highest BCUT2D eigenvalue weighted by Crippen LogP contribution is 2.53. The summed E-state index contributed by atoms with van der Waals surface area (Å²) in [4.78, 5) is 36.2. The first-order valence-electron chi connectivity index (χ1n) is 12.1. The van der Waals surface area contributed by atoms with E-state index >= 15 is 0 Å². The predicted molar refractivity (Wildman–Crippen MR) is 139 cm³/mol. The smallest absolute Gasteiger partial charge is 0.460 e. The third kappa shape index (κ3) is 6.97. The monoisotopic (exact) mass is 591 g/mol. The Morgan fingerprint density at radius 1 is 1.28 bits per heavy atom. The Labute approximate surface area is 229 Å². The van der Waals surface area contributed by atoms with E-state index in [1.54, 1.807) is 32.0 Å². The molecule has 0 spiro atoms. The van der Waals surface area contributed by atoms with Gasteiger partial charge in [0.25, 0.3) is 5.56 Å². The minimum absolute atomic E-state index is 0.134. The van der Waals surface area contributed by atoms with Crippen LogP contribution in [0.15, 0.2) is 52.2 Å². The molecule has 1 fully saturated rings. The van der Waals surface area contributed by atoms with Crippen LogP contribution in [0.4, 0.5) is 4.39 Å². The van der Waals surface area contributed by atoms with Gasteiger partial charge in [-0.2, -0.15) is 5.09 Å². The summed E-state index contributed by atoms with van der Waals surface area (Å²) in [7, 11) is -4.45. The maximum absolute atomic E-state index is 14.3. The van der Waals surface area contributed by atoms with Crippen LogP contribution >= 0.6 is 19.3 Å². The fraction of sp³-hybridized carbons (Fsp3) is 0.542. The highest BCUT2D eigenvalue weighted by molar-refractivity contribution is 7.52. The van der Waals surface area contributed by atoms with Crippen molar-refractivity contribution in [2.75, 3.05) is 6.67 Å². The van der Waals surface area contributed by atoms with Gasteiger partial charge in [-0.1, -0.05) is 18.2 Å². The average Bonchev–Trinajstić information content (AvgIpc) is 3.10. The van der Waals surface area contributed by atoms with E-state index in [0.717, 1.165) is 16.8 Å². The van der Waals surface area contributed by atoms with Crippen LogP contribution in [0.2, 0.25) is 0 Å². The third-order valence-electron chi connectivity index (χ3n) is 5.84. The number of rotatable bonds is 11. The minimum Gasteiger partial charge on any atom is -0.462 e. The zero-order chi connectivity index (χ0) is 29.2. The second-order valence-corrected chi connectivity index (χ2v) is 12.2. The van der Waals surface area contributed by atoms with Crippen molar-refractivity contribution < 1.29 is 37.4 Å². The maximum Gasteiger partial charge on any atom is 0.460 e. The number of ether oxygens (including phenoxy) is 2. The van der Waals surface area contributed by atoms with Crippen molar-refractivity contribution in [1.29, 1.82) is 0 Å². The zero-order valence-corrected chi connectivity index (χ0v) is 23.6. The minimum atomic E-state index is -4.45. The van der Waals surface area contributed by atoms with Crippen LogP contribution in [0, 0.1) is 0 Å². The number of para-hydroxylation sites is 1. The molecule has 0 amide bonds. The van der Waals surface area contributed by atoms with Crippen molar-refractivity contribution in [2.24, 2.45) is 0 Å². The van der Waals surface area contributed by atoms with E-state index < -0.39 is 72.7 Å². The van der Waals surface area contributed by atoms with Crippen molar-refractivity contribution in [2.45, 2.75) is 75.7 Å². The third-order valence-corrected chi connectivity index (χ3v) is 8.22. The van der Waals surface area contributed by atoms with Crippen molar-refractivity contribution in [3.8, 4) is 5.75 Å². The van der Waals surface area contributed by atoms with E-state index in [9.17, 15) is 28.4 Å². The van der Waals surface area contributed by atoms with Crippen LogP contribution in [0.5, 0.6) is 5.75 Å². The molecule has 0 saturated carbocycles. The molecular weight excluding hydrogens is 560 g/mol. The molecule has 2 aromatic rings. The lowest BCUT2D eigenvalue weighted by molar-refractivity contribution is -0.149. The summed E-state index contributed by atoms with van der Waals surface area (Å²) in [5.74, 6) is -0.593. The second kappa shape index (κ2) is 11.9. The Morgan fingerprint density at radius 2 is 1.92 bits per heavy atom. The van der Waals surface area contributed by atoms with E-state index in [1.807, 2.05) is 4.98 Å². The molecule has 3 rings (SSSR count). The number of hydrogen-bond acceptors (Lipinski definition) is 9. The quantitative estimate of drug-likeness (QED) is 0.201. The number of nitrogens with zero attached hydrogens (tertiary/aromatic N) is 1. The fourth-order valence-electron chi connectivity index (χ4n) is 4.00. The molecule has 1 aliphatic rings. The maximum atomic E-state index is 14.3. The van der Waals surface area contributed by atoms with Crippen LogP contribution in [0.1, 0.15) is 40.8 Å². The lowest BCUT2D eigenvalue weighted by Crippen LogP contribution is -2.51. The molecule has 2 heterocycles. The van der Waals surface area contributed by atoms with Crippen LogP contribution in [0.3, 0.4) is 0 Å². The summed E-state index contributed by atoms with van der Waals surface area (Å²) in [6, 6.07) is 7.82. The highest BCUT2D eigenvalue weighted by Gasteiger charge is 2.62. The van der Waals surface area contributed by atoms with Gasteiger partial charge < -0.3 is 19.1 Å². The number of aliphatic hydroxyl groups is 1. The number of aromatic amines is 1. The summed E-state index contributed by atoms with van der Waals surface area (Å²) >= 11 is 6.46. The Hall–Kier alpha value is -2.54. The largest absolute Gasteiger partial charge is 0.462 e. The molecule has 15 heteroatoms. The summed E-state index contributed by atoms with van der Waals surface area (Å²) in [6.45, 7) is 6.12. The molecule has 0 radical (unpaired) electrons. The number of hydrogen-bond donors (Lipinski definition) is 3. The van der Waals surface area contributed by atoms with E-state index in [4.69, 9.17) is 30.1 Å². The number of alkyl halides is 2. The Balaban J connectivity index is 1.96. The van der Waals surface area contributed by atoms with E-state index in [-0.39, 0.29) is 5.75 Å². The molecule has 12 nitrogen and oxygen atoms in total. The number of aliphatic hydroxyl groups excluding tert-OH is 1. The highest BCUT2D eigenvalue weighted by atomic mass is 35.5. The predicted octanol–water partition coefficient (Wildman–Crippen LogP) is 2.65. The fourth-order valence-corrected chi connectivity index (χ4v) is 6.12. The Bertz CT molecular complexity index is 1320. The van der Waals surface area contributed by atoms with Gasteiger partial charge >= 0.3 is 19.4 Å². The van der Waals surface area contributed by atoms with Gasteiger partial charge in [-0.3, -0.25) is 23.7 Å². The SMILES string of the molecule is CC(C)OC(=O)[C@H](C)NP(=O)(Oc1ccccc1)OC(C)(C)[C@H]1O[C@@H](n2ccc(=O)[nH]c2=O)[C@@](Cl)(CF)C1O. The second-order valence-electron chi connectivity index (χ2n) is 9.86. The van der Waals surface area contributed by atoms with Crippen LogP contribution in [-0.4, -0.2) is 62.1 Å². The molecular formula is C24H32ClFN3O9P. The normalized spacial score (nSPS) is 25.7. The molecule has 1 aliphatic heterocycles. The van der Waals surface area contributed by atoms with Gasteiger partial charge in [0.15, 0.2) is 6.23 Å². The first kappa shape index (κ1) is 31.0. The van der Waals surface area contributed by atoms with Gasteiger partial charge in [0.2, 0.25) is 0 Å². The Morgan fingerprint density at radius 3 is 2.49 bits per heavy atom. The zero-order valence-electron chi connectivity index (χ0n) is 22.0. The van der Waals surface area contributed by atoms with Gasteiger partial charge in [-0.25, -0.2) is 13.8 Å². The standard InChI is InChI=1S/C24H32ClFN3O9P/c1-14(2)35-20(32)15(3)28-39(34,37-16-9-7-6-8-10-16)38-23(4,5)19-18(31)24(25,13-26)21(36-19)29-12-11-17(30)27-22(29)33/h6-12,14-15,18-19,21,31H,13H2,1-5H3,(H,28,34)(H,27,30,33)/t15-,18?,19-,21+,24+,39?/m0/s1. The molecule has 6 atom stereocenters. The number of nitrogens with one attached hydrogen (secondary N) is 2. The van der Waals surface area contributed by atoms with Gasteiger partial charge in [-0.15, -0.1) is 11.6 Å². The molecule has 0 aliphatic carbocycles. The number of aromatic nitrogens is 2. The van der Waals surface area contributed by atoms with Gasteiger partial charge in [0.05, 0.1) is 6.10 Å². The lowest BCUT2D eigenvalue weighted by Gasteiger charge is -2.36. The van der Waals surface area contributed by atoms with Gasteiger partial charge in [-0.05, 0) is 46.8 Å². The summed E-state index contributed by atoms with van der Waals surface area (Å²) < 4.78 is 51.7. The lowest BCUT2D eigenvalue weighted by atomic mass is 9.91. The first-order valence-corrected chi connectivity index (χ1v) is 14.0. The van der Waals surface area contributed by atoms with E-state index in [1.165, 1.54) is 32.9 Å². The first-order chi connectivity index (χ1) is 18.1.